The summed E-state index contributed by atoms with van der Waals surface area (Å²) in [5, 5.41) is 3.23. The molecule has 2 aromatic rings. The first-order valence-electron chi connectivity index (χ1n) is 7.75. The number of rotatable bonds is 3. The van der Waals surface area contributed by atoms with Crippen molar-refractivity contribution in [1.29, 1.82) is 0 Å². The van der Waals surface area contributed by atoms with Crippen molar-refractivity contribution in [3.8, 4) is 11.4 Å². The zero-order valence-corrected chi connectivity index (χ0v) is 12.8. The average Bonchev–Trinajstić information content (AvgIpc) is 3.18. The van der Waals surface area contributed by atoms with Gasteiger partial charge in [-0.05, 0) is 12.1 Å². The Morgan fingerprint density at radius 1 is 1.29 bits per heavy atom. The maximum Gasteiger partial charge on any atom is 0.269 e. The van der Waals surface area contributed by atoms with Crippen LogP contribution in [0.1, 0.15) is 10.5 Å². The lowest BCUT2D eigenvalue weighted by Crippen LogP contribution is -2.32. The molecular weight excluding hydrogens is 308 g/mol. The van der Waals surface area contributed by atoms with Gasteiger partial charge in [0.1, 0.15) is 5.69 Å². The Bertz CT molecular complexity index is 809. The van der Waals surface area contributed by atoms with Crippen LogP contribution in [-0.2, 0) is 4.79 Å². The minimum atomic E-state index is -0.677. The van der Waals surface area contributed by atoms with Crippen LogP contribution in [-0.4, -0.2) is 46.4 Å². The number of aromatic nitrogens is 3. The van der Waals surface area contributed by atoms with E-state index in [-0.39, 0.29) is 23.4 Å². The molecule has 2 aliphatic heterocycles. The molecule has 0 unspecified atom stereocenters. The van der Waals surface area contributed by atoms with Crippen LogP contribution in [0.3, 0.4) is 0 Å². The summed E-state index contributed by atoms with van der Waals surface area (Å²) in [6.07, 6.45) is 3.03. The van der Waals surface area contributed by atoms with E-state index in [0.29, 0.717) is 30.3 Å². The van der Waals surface area contributed by atoms with E-state index in [1.165, 1.54) is 6.20 Å². The summed E-state index contributed by atoms with van der Waals surface area (Å²) >= 11 is 0. The van der Waals surface area contributed by atoms with Gasteiger partial charge in [-0.1, -0.05) is 6.07 Å². The second-order valence-corrected chi connectivity index (χ2v) is 5.98. The van der Waals surface area contributed by atoms with Crippen molar-refractivity contribution in [2.24, 2.45) is 17.6 Å². The Morgan fingerprint density at radius 2 is 2.17 bits per heavy atom. The molecule has 3 N–H and O–H groups in total. The Labute approximate surface area is 138 Å². The fourth-order valence-corrected chi connectivity index (χ4v) is 3.32. The van der Waals surface area contributed by atoms with Gasteiger partial charge in [0.05, 0.1) is 17.8 Å². The molecule has 2 saturated heterocycles. The number of pyridine rings is 1. The van der Waals surface area contributed by atoms with Crippen molar-refractivity contribution in [3.05, 3.63) is 36.3 Å². The predicted octanol–water partition coefficient (Wildman–Crippen LogP) is -0.180. The van der Waals surface area contributed by atoms with E-state index in [1.54, 1.807) is 29.3 Å². The number of nitrogens with two attached hydrogens (primary N) is 1. The fraction of sp³-hybridized carbons (Fsp3) is 0.312. The summed E-state index contributed by atoms with van der Waals surface area (Å²) in [7, 11) is 0. The second kappa shape index (κ2) is 5.64. The van der Waals surface area contributed by atoms with E-state index in [0.717, 1.165) is 6.54 Å². The van der Waals surface area contributed by atoms with E-state index in [2.05, 4.69) is 20.3 Å². The van der Waals surface area contributed by atoms with Gasteiger partial charge >= 0.3 is 0 Å². The third-order valence-electron chi connectivity index (χ3n) is 4.52. The first-order chi connectivity index (χ1) is 11.6. The predicted molar refractivity (Wildman–Crippen MR) is 86.0 cm³/mol. The standard InChI is InChI=1S/C16H16N6O2/c17-15(23)14-13(11-3-1-2-4-19-11)21-12(7-20-14)22-8-9-5-18-6-10(9)16(22)24/h1-4,7,9-10,18H,5-6,8H2,(H2,17,23)/t9-,10-/m1/s1. The number of hydrogen-bond donors (Lipinski definition) is 2. The lowest BCUT2D eigenvalue weighted by atomic mass is 10.0. The van der Waals surface area contributed by atoms with Crippen LogP contribution >= 0.6 is 0 Å². The Morgan fingerprint density at radius 3 is 2.88 bits per heavy atom. The van der Waals surface area contributed by atoms with Gasteiger partial charge in [0, 0.05) is 31.7 Å². The first-order valence-corrected chi connectivity index (χ1v) is 7.75. The molecule has 0 saturated carbocycles. The third kappa shape index (κ3) is 2.31. The molecule has 0 spiro atoms. The molecule has 2 fully saturated rings. The number of hydrogen-bond acceptors (Lipinski definition) is 6. The van der Waals surface area contributed by atoms with Crippen LogP contribution < -0.4 is 16.0 Å². The molecule has 2 aromatic heterocycles. The zero-order valence-electron chi connectivity index (χ0n) is 12.8. The highest BCUT2D eigenvalue weighted by atomic mass is 16.2. The largest absolute Gasteiger partial charge is 0.364 e. The lowest BCUT2D eigenvalue weighted by molar-refractivity contribution is -0.120. The Kier molecular flexibility index (Phi) is 3.46. The van der Waals surface area contributed by atoms with Crippen LogP contribution in [0.25, 0.3) is 11.4 Å². The third-order valence-corrected chi connectivity index (χ3v) is 4.52. The van der Waals surface area contributed by atoms with Gasteiger partial charge in [0.2, 0.25) is 5.91 Å². The van der Waals surface area contributed by atoms with E-state index in [9.17, 15) is 9.59 Å². The molecule has 122 valence electrons. The topological polar surface area (TPSA) is 114 Å². The van der Waals surface area contributed by atoms with Crippen LogP contribution in [0.5, 0.6) is 0 Å². The summed E-state index contributed by atoms with van der Waals surface area (Å²) in [5.74, 6) is 0.0657. The molecule has 8 heteroatoms. The van der Waals surface area contributed by atoms with Gasteiger partial charge < -0.3 is 11.1 Å². The van der Waals surface area contributed by atoms with Crippen molar-refractivity contribution in [2.45, 2.75) is 0 Å². The maximum atomic E-state index is 12.6. The zero-order chi connectivity index (χ0) is 16.7. The molecule has 2 amide bonds. The molecule has 2 atom stereocenters. The van der Waals surface area contributed by atoms with Gasteiger partial charge in [0.15, 0.2) is 11.5 Å². The van der Waals surface area contributed by atoms with Crippen LogP contribution in [0.15, 0.2) is 30.6 Å². The number of nitrogens with one attached hydrogen (secondary N) is 1. The smallest absolute Gasteiger partial charge is 0.269 e. The number of anilines is 1. The number of primary amides is 1. The number of amides is 2. The summed E-state index contributed by atoms with van der Waals surface area (Å²) in [4.78, 5) is 38.7. The van der Waals surface area contributed by atoms with Crippen molar-refractivity contribution >= 4 is 17.6 Å². The molecular formula is C16H16N6O2. The van der Waals surface area contributed by atoms with Gasteiger partial charge in [-0.15, -0.1) is 0 Å². The lowest BCUT2D eigenvalue weighted by Gasteiger charge is -2.17. The van der Waals surface area contributed by atoms with E-state index < -0.39 is 5.91 Å². The summed E-state index contributed by atoms with van der Waals surface area (Å²) in [6.45, 7) is 2.12. The molecule has 0 bridgehead atoms. The minimum absolute atomic E-state index is 0.0130. The van der Waals surface area contributed by atoms with Crippen LogP contribution in [0.2, 0.25) is 0 Å². The van der Waals surface area contributed by atoms with Gasteiger partial charge in [-0.2, -0.15) is 0 Å². The highest BCUT2D eigenvalue weighted by Gasteiger charge is 2.44. The summed E-state index contributed by atoms with van der Waals surface area (Å²) < 4.78 is 0. The number of nitrogens with zero attached hydrogens (tertiary/aromatic N) is 4. The van der Waals surface area contributed by atoms with E-state index in [4.69, 9.17) is 5.73 Å². The number of carbonyl (C=O) groups excluding carboxylic acids is 2. The Balaban J connectivity index is 1.76. The summed E-state index contributed by atoms with van der Waals surface area (Å²) in [6, 6.07) is 5.28. The van der Waals surface area contributed by atoms with Crippen molar-refractivity contribution < 1.29 is 9.59 Å². The molecule has 0 radical (unpaired) electrons. The maximum absolute atomic E-state index is 12.6. The number of carbonyl (C=O) groups is 2. The Hall–Kier alpha value is -2.87. The molecule has 4 heterocycles. The first kappa shape index (κ1) is 14.7. The number of fused-ring (bicyclic) bond motifs is 1. The highest BCUT2D eigenvalue weighted by Crippen LogP contribution is 2.31. The fourth-order valence-electron chi connectivity index (χ4n) is 3.32. The van der Waals surface area contributed by atoms with Crippen molar-refractivity contribution in [2.75, 3.05) is 24.5 Å². The van der Waals surface area contributed by atoms with Gasteiger partial charge in [-0.25, -0.2) is 9.97 Å². The van der Waals surface area contributed by atoms with Gasteiger partial charge in [-0.3, -0.25) is 19.5 Å². The highest BCUT2D eigenvalue weighted by molar-refractivity contribution is 5.99. The van der Waals surface area contributed by atoms with Crippen LogP contribution in [0.4, 0.5) is 5.82 Å². The monoisotopic (exact) mass is 324 g/mol. The quantitative estimate of drug-likeness (QED) is 0.809. The molecule has 2 aliphatic rings. The molecule has 0 aromatic carbocycles. The molecule has 4 rings (SSSR count). The molecule has 8 nitrogen and oxygen atoms in total. The normalized spacial score (nSPS) is 22.7. The van der Waals surface area contributed by atoms with Gasteiger partial charge in [0.25, 0.3) is 5.91 Å². The van der Waals surface area contributed by atoms with Crippen molar-refractivity contribution in [1.82, 2.24) is 20.3 Å². The van der Waals surface area contributed by atoms with Crippen molar-refractivity contribution in [3.63, 3.8) is 0 Å². The van der Waals surface area contributed by atoms with Crippen LogP contribution in [0, 0.1) is 11.8 Å². The minimum Gasteiger partial charge on any atom is -0.364 e. The van der Waals surface area contributed by atoms with E-state index >= 15 is 0 Å². The summed E-state index contributed by atoms with van der Waals surface area (Å²) in [5.41, 5.74) is 6.24. The van der Waals surface area contributed by atoms with E-state index in [1.807, 2.05) is 0 Å². The average molecular weight is 324 g/mol. The molecule has 0 aliphatic carbocycles. The molecule has 24 heavy (non-hydrogen) atoms. The SMILES string of the molecule is NC(=O)c1ncc(N2C[C@H]3CNC[C@H]3C2=O)nc1-c1ccccn1. The second-order valence-electron chi connectivity index (χ2n) is 5.98.